The molecule has 0 fully saturated rings. The van der Waals surface area contributed by atoms with Gasteiger partial charge in [0.15, 0.2) is 0 Å². The second-order valence-corrected chi connectivity index (χ2v) is 18.5. The van der Waals surface area contributed by atoms with E-state index in [4.69, 9.17) is 9.05 Å². The first kappa shape index (κ1) is 56.9. The first-order valence-electron chi connectivity index (χ1n) is 23.8. The number of quaternary nitrogens is 1. The summed E-state index contributed by atoms with van der Waals surface area (Å²) in [6, 6.07) is -0.879. The number of aliphatic hydroxyl groups is 1. The Hall–Kier alpha value is -2.06. The summed E-state index contributed by atoms with van der Waals surface area (Å²) in [6.07, 6.45) is 55.5. The number of hydrogen-bond donors (Lipinski definition) is 3. The van der Waals surface area contributed by atoms with E-state index < -0.39 is 20.0 Å². The Balaban J connectivity index is 4.48. The predicted molar refractivity (Wildman–Crippen MR) is 253 cm³/mol. The molecule has 0 aliphatic carbocycles. The van der Waals surface area contributed by atoms with Crippen molar-refractivity contribution in [3.63, 3.8) is 0 Å². The highest BCUT2D eigenvalue weighted by Crippen LogP contribution is 2.43. The fourth-order valence-electron chi connectivity index (χ4n) is 6.40. The predicted octanol–water partition coefficient (Wildman–Crippen LogP) is 13.6. The number of phosphoric acid groups is 1. The number of allylic oxidation sites excluding steroid dienone is 11. The Labute approximate surface area is 364 Å². The number of nitrogens with one attached hydrogen (secondary N) is 1. The van der Waals surface area contributed by atoms with E-state index >= 15 is 0 Å². The van der Waals surface area contributed by atoms with E-state index in [2.05, 4.69) is 79.9 Å². The largest absolute Gasteiger partial charge is 0.472 e. The number of unbranched alkanes of at least 4 members (excludes halogenated alkanes) is 19. The fourth-order valence-corrected chi connectivity index (χ4v) is 7.14. The van der Waals surface area contributed by atoms with Crippen molar-refractivity contribution in [1.82, 2.24) is 5.32 Å². The molecular formula is C50H92N2O6P+. The van der Waals surface area contributed by atoms with Crippen molar-refractivity contribution in [2.45, 2.75) is 199 Å². The van der Waals surface area contributed by atoms with Crippen LogP contribution in [0.4, 0.5) is 0 Å². The highest BCUT2D eigenvalue weighted by Gasteiger charge is 2.27. The van der Waals surface area contributed by atoms with Gasteiger partial charge in [-0.15, -0.1) is 0 Å². The van der Waals surface area contributed by atoms with E-state index in [1.807, 2.05) is 27.2 Å². The molecule has 0 rings (SSSR count). The molecule has 0 aromatic carbocycles. The lowest BCUT2D eigenvalue weighted by molar-refractivity contribution is -0.870. The van der Waals surface area contributed by atoms with Gasteiger partial charge in [0.2, 0.25) is 5.91 Å². The fraction of sp³-hybridized carbons (Fsp3) is 0.740. The minimum absolute atomic E-state index is 0.0476. The normalized spacial score (nSPS) is 14.9. The van der Waals surface area contributed by atoms with Crippen molar-refractivity contribution < 1.29 is 32.9 Å². The smallest absolute Gasteiger partial charge is 0.387 e. The molecule has 59 heavy (non-hydrogen) atoms. The van der Waals surface area contributed by atoms with Crippen LogP contribution in [0.1, 0.15) is 187 Å². The minimum Gasteiger partial charge on any atom is -0.387 e. The van der Waals surface area contributed by atoms with Crippen LogP contribution in [0, 0.1) is 0 Å². The number of phosphoric ester groups is 1. The summed E-state index contributed by atoms with van der Waals surface area (Å²) in [6.45, 7) is 4.65. The summed E-state index contributed by atoms with van der Waals surface area (Å²) in [5.74, 6) is -0.213. The molecule has 3 N–H and O–H groups in total. The Morgan fingerprint density at radius 2 is 1.03 bits per heavy atom. The number of aliphatic hydroxyl groups excluding tert-OH is 1. The highest BCUT2D eigenvalue weighted by molar-refractivity contribution is 7.47. The van der Waals surface area contributed by atoms with Crippen molar-refractivity contribution in [3.8, 4) is 0 Å². The van der Waals surface area contributed by atoms with E-state index in [1.165, 1.54) is 89.9 Å². The van der Waals surface area contributed by atoms with Gasteiger partial charge in [-0.25, -0.2) is 4.57 Å². The van der Waals surface area contributed by atoms with Gasteiger partial charge in [0, 0.05) is 6.42 Å². The highest BCUT2D eigenvalue weighted by atomic mass is 31.2. The van der Waals surface area contributed by atoms with Gasteiger partial charge in [0.05, 0.1) is 39.9 Å². The Morgan fingerprint density at radius 1 is 0.593 bits per heavy atom. The van der Waals surface area contributed by atoms with Crippen molar-refractivity contribution in [1.29, 1.82) is 0 Å². The first-order chi connectivity index (χ1) is 28.5. The summed E-state index contributed by atoms with van der Waals surface area (Å²) in [5, 5.41) is 13.8. The van der Waals surface area contributed by atoms with Gasteiger partial charge in [-0.05, 0) is 70.6 Å². The average molecular weight is 848 g/mol. The maximum Gasteiger partial charge on any atom is 0.472 e. The molecule has 0 bridgehead atoms. The van der Waals surface area contributed by atoms with Crippen LogP contribution in [-0.4, -0.2) is 73.4 Å². The van der Waals surface area contributed by atoms with Crippen LogP contribution >= 0.6 is 7.82 Å². The topological polar surface area (TPSA) is 105 Å². The number of carbonyl (C=O) groups excluding carboxylic acids is 1. The van der Waals surface area contributed by atoms with Gasteiger partial charge >= 0.3 is 7.82 Å². The third kappa shape index (κ3) is 43.8. The SMILES string of the molecule is CC/C=C\C/C=C\C/C=C\C/C=C\CCCCCCC(=O)NC(COP(=O)(O)OCC[N+](C)(C)C)C(O)/C=C/CC/C=C/CCCCCCCCCCCCCCCC. The second-order valence-electron chi connectivity index (χ2n) is 17.1. The van der Waals surface area contributed by atoms with Crippen molar-refractivity contribution in [2.24, 2.45) is 0 Å². The molecule has 0 radical (unpaired) electrons. The van der Waals surface area contributed by atoms with Gasteiger partial charge in [-0.1, -0.05) is 183 Å². The lowest BCUT2D eigenvalue weighted by Crippen LogP contribution is -2.45. The van der Waals surface area contributed by atoms with Crippen LogP contribution in [0.25, 0.3) is 0 Å². The molecule has 0 saturated heterocycles. The van der Waals surface area contributed by atoms with E-state index in [-0.39, 0.29) is 19.1 Å². The molecule has 3 atom stereocenters. The molecule has 3 unspecified atom stereocenters. The van der Waals surface area contributed by atoms with Gasteiger partial charge in [-0.2, -0.15) is 0 Å². The lowest BCUT2D eigenvalue weighted by Gasteiger charge is -2.25. The maximum absolute atomic E-state index is 12.9. The Bertz CT molecular complexity index is 1190. The molecule has 1 amide bonds. The number of amides is 1. The van der Waals surface area contributed by atoms with E-state index in [0.29, 0.717) is 17.4 Å². The Kier molecular flexibility index (Phi) is 39.9. The van der Waals surface area contributed by atoms with Gasteiger partial charge in [-0.3, -0.25) is 13.8 Å². The molecule has 0 aromatic rings. The molecule has 0 aromatic heterocycles. The van der Waals surface area contributed by atoms with Gasteiger partial charge < -0.3 is 19.8 Å². The summed E-state index contributed by atoms with van der Waals surface area (Å²) in [5.41, 5.74) is 0. The number of nitrogens with zero attached hydrogens (tertiary/aromatic N) is 1. The van der Waals surface area contributed by atoms with Crippen LogP contribution in [0.2, 0.25) is 0 Å². The minimum atomic E-state index is -4.36. The van der Waals surface area contributed by atoms with E-state index in [9.17, 15) is 19.4 Å². The molecular weight excluding hydrogens is 756 g/mol. The van der Waals surface area contributed by atoms with Crippen LogP contribution in [0.15, 0.2) is 72.9 Å². The van der Waals surface area contributed by atoms with Gasteiger partial charge in [0.25, 0.3) is 0 Å². The summed E-state index contributed by atoms with van der Waals surface area (Å²) >= 11 is 0. The number of likely N-dealkylation sites (N-methyl/N-ethyl adjacent to an activating group) is 1. The molecule has 0 aliphatic rings. The summed E-state index contributed by atoms with van der Waals surface area (Å²) in [4.78, 5) is 23.1. The molecule has 342 valence electrons. The average Bonchev–Trinajstić information content (AvgIpc) is 3.19. The zero-order valence-corrected chi connectivity index (χ0v) is 39.6. The number of rotatable bonds is 42. The summed E-state index contributed by atoms with van der Waals surface area (Å²) < 4.78 is 23.6. The van der Waals surface area contributed by atoms with Crippen LogP contribution in [-0.2, 0) is 18.4 Å². The van der Waals surface area contributed by atoms with Crippen molar-refractivity contribution in [2.75, 3.05) is 40.9 Å². The Morgan fingerprint density at radius 3 is 1.56 bits per heavy atom. The molecule has 0 aliphatic heterocycles. The van der Waals surface area contributed by atoms with E-state index in [1.54, 1.807) is 6.08 Å². The zero-order chi connectivity index (χ0) is 43.6. The van der Waals surface area contributed by atoms with Crippen molar-refractivity contribution >= 4 is 13.7 Å². The van der Waals surface area contributed by atoms with Gasteiger partial charge in [0.1, 0.15) is 13.2 Å². The third-order valence-corrected chi connectivity index (χ3v) is 11.1. The zero-order valence-electron chi connectivity index (χ0n) is 38.7. The molecule has 0 saturated carbocycles. The summed E-state index contributed by atoms with van der Waals surface area (Å²) in [7, 11) is 1.53. The maximum atomic E-state index is 12.9. The monoisotopic (exact) mass is 848 g/mol. The lowest BCUT2D eigenvalue weighted by atomic mass is 10.0. The van der Waals surface area contributed by atoms with Crippen molar-refractivity contribution in [3.05, 3.63) is 72.9 Å². The molecule has 0 spiro atoms. The van der Waals surface area contributed by atoms with E-state index in [0.717, 1.165) is 77.0 Å². The van der Waals surface area contributed by atoms with Crippen LogP contribution < -0.4 is 5.32 Å². The quantitative estimate of drug-likeness (QED) is 0.0245. The number of hydrogen-bond acceptors (Lipinski definition) is 5. The molecule has 9 heteroatoms. The first-order valence-corrected chi connectivity index (χ1v) is 25.3. The molecule has 8 nitrogen and oxygen atoms in total. The standard InChI is InChI=1S/C50H91N2O6P/c1-6-8-10-12-14-16-18-20-22-24-25-26-28-29-31-33-35-37-39-41-43-49(53)48(47-58-59(55,56)57-46-45-52(3,4)5)51-50(54)44-42-40-38-36-34-32-30-27-23-21-19-17-15-13-11-9-7-2/h9,11,15,17,21,23,30,32-33,35,41,43,48-49,53H,6-8,10,12-14,16,18-20,22,24-29,31,34,36-40,42,44-47H2,1-5H3,(H-,51,54,55,56)/p+1/b11-9-,17-15-,23-21-,32-30-,35-33+,43-41+. The van der Waals surface area contributed by atoms with Crippen LogP contribution in [0.5, 0.6) is 0 Å². The second kappa shape index (κ2) is 41.3. The molecule has 0 heterocycles. The third-order valence-electron chi connectivity index (χ3n) is 10.2. The van der Waals surface area contributed by atoms with Crippen LogP contribution in [0.3, 0.4) is 0 Å². The number of carbonyl (C=O) groups is 1.